The molecule has 0 spiro atoms. The Balaban J connectivity index is 2.36. The summed E-state index contributed by atoms with van der Waals surface area (Å²) < 4.78 is 0.948. The number of aliphatic hydroxyl groups is 1. The van der Waals surface area contributed by atoms with Gasteiger partial charge in [0.25, 0.3) is 0 Å². The second kappa shape index (κ2) is 4.47. The Bertz CT molecular complexity index is 464. The van der Waals surface area contributed by atoms with Crippen LogP contribution < -0.4 is 0 Å². The Kier molecular flexibility index (Phi) is 3.24. The maximum absolute atomic E-state index is 10.2. The van der Waals surface area contributed by atoms with E-state index in [1.165, 1.54) is 4.88 Å². The van der Waals surface area contributed by atoms with Gasteiger partial charge in [0.1, 0.15) is 6.10 Å². The lowest BCUT2D eigenvalue weighted by Crippen LogP contribution is -1.97. The fourth-order valence-corrected chi connectivity index (χ4v) is 2.83. The Morgan fingerprint density at radius 2 is 1.93 bits per heavy atom. The van der Waals surface area contributed by atoms with E-state index < -0.39 is 6.10 Å². The minimum absolute atomic E-state index is 0.528. The molecule has 0 saturated heterocycles. The average molecular weight is 283 g/mol. The van der Waals surface area contributed by atoms with E-state index in [1.54, 1.807) is 11.3 Å². The van der Waals surface area contributed by atoms with Crippen LogP contribution >= 0.6 is 27.3 Å². The first-order valence-electron chi connectivity index (χ1n) is 4.67. The molecule has 1 N–H and O–H groups in total. The highest BCUT2D eigenvalue weighted by Gasteiger charge is 2.14. The third-order valence-electron chi connectivity index (χ3n) is 2.23. The van der Waals surface area contributed by atoms with Crippen LogP contribution in [0.3, 0.4) is 0 Å². The first kappa shape index (κ1) is 10.9. The Hall–Kier alpha value is -0.640. The Morgan fingerprint density at radius 3 is 2.53 bits per heavy atom. The summed E-state index contributed by atoms with van der Waals surface area (Å²) in [6.45, 7) is 2.04. The predicted molar refractivity (Wildman–Crippen MR) is 67.3 cm³/mol. The van der Waals surface area contributed by atoms with Gasteiger partial charge in [-0.15, -0.1) is 11.3 Å². The van der Waals surface area contributed by atoms with Crippen LogP contribution in [0.2, 0.25) is 0 Å². The maximum atomic E-state index is 10.2. The van der Waals surface area contributed by atoms with Crippen LogP contribution in [0, 0.1) is 6.92 Å². The fraction of sp³-hybridized carbons (Fsp3) is 0.167. The maximum Gasteiger partial charge on any atom is 0.114 e. The quantitative estimate of drug-likeness (QED) is 0.886. The molecule has 2 aromatic rings. The summed E-state index contributed by atoms with van der Waals surface area (Å²) in [5, 5.41) is 10.2. The van der Waals surface area contributed by atoms with E-state index >= 15 is 0 Å². The second-order valence-electron chi connectivity index (χ2n) is 3.37. The molecule has 0 bridgehead atoms. The molecule has 1 heterocycles. The van der Waals surface area contributed by atoms with Gasteiger partial charge in [0.05, 0.1) is 0 Å². The van der Waals surface area contributed by atoms with E-state index in [2.05, 4.69) is 15.9 Å². The number of halogens is 1. The molecule has 0 amide bonds. The molecule has 0 saturated carbocycles. The first-order chi connectivity index (χ1) is 7.18. The van der Waals surface area contributed by atoms with Gasteiger partial charge in [0, 0.05) is 14.2 Å². The Labute approximate surface area is 102 Å². The molecule has 0 aliphatic heterocycles. The highest BCUT2D eigenvalue weighted by atomic mass is 79.9. The average Bonchev–Trinajstić information content (AvgIpc) is 2.65. The molecular formula is C12H11BrOS. The van der Waals surface area contributed by atoms with Crippen LogP contribution in [0.25, 0.3) is 0 Å². The topological polar surface area (TPSA) is 20.2 Å². The number of aryl methyl sites for hydroxylation is 1. The van der Waals surface area contributed by atoms with Crippen LogP contribution in [0.15, 0.2) is 40.9 Å². The molecule has 15 heavy (non-hydrogen) atoms. The standard InChI is InChI=1S/C12H11BrOS/c1-8-6-7-11(15-8)12(14)9-4-2-3-5-10(9)13/h2-7,12,14H,1H3. The van der Waals surface area contributed by atoms with Crippen LogP contribution in [0.1, 0.15) is 21.4 Å². The molecular weight excluding hydrogens is 272 g/mol. The minimum Gasteiger partial charge on any atom is -0.383 e. The van der Waals surface area contributed by atoms with Crippen molar-refractivity contribution < 1.29 is 5.11 Å². The van der Waals surface area contributed by atoms with Gasteiger partial charge in [-0.05, 0) is 30.7 Å². The lowest BCUT2D eigenvalue weighted by atomic mass is 10.1. The molecule has 1 aromatic heterocycles. The van der Waals surface area contributed by atoms with Crippen LogP contribution in [0.4, 0.5) is 0 Å². The second-order valence-corrected chi connectivity index (χ2v) is 5.55. The smallest absolute Gasteiger partial charge is 0.114 e. The van der Waals surface area contributed by atoms with Gasteiger partial charge in [0.2, 0.25) is 0 Å². The van der Waals surface area contributed by atoms with Crippen LogP contribution in [-0.2, 0) is 0 Å². The van der Waals surface area contributed by atoms with Crippen molar-refractivity contribution in [2.45, 2.75) is 13.0 Å². The molecule has 2 rings (SSSR count). The molecule has 1 unspecified atom stereocenters. The zero-order valence-electron chi connectivity index (χ0n) is 8.27. The molecule has 1 aromatic carbocycles. The van der Waals surface area contributed by atoms with Crippen molar-refractivity contribution in [3.05, 3.63) is 56.2 Å². The number of benzene rings is 1. The molecule has 3 heteroatoms. The molecule has 0 radical (unpaired) electrons. The van der Waals surface area contributed by atoms with E-state index in [1.807, 2.05) is 43.3 Å². The molecule has 1 atom stereocenters. The van der Waals surface area contributed by atoms with Gasteiger partial charge in [-0.1, -0.05) is 34.1 Å². The fourth-order valence-electron chi connectivity index (χ4n) is 1.45. The molecule has 0 aliphatic rings. The minimum atomic E-state index is -0.528. The molecule has 0 aliphatic carbocycles. The highest BCUT2D eigenvalue weighted by Crippen LogP contribution is 2.31. The van der Waals surface area contributed by atoms with Crippen molar-refractivity contribution in [1.29, 1.82) is 0 Å². The van der Waals surface area contributed by atoms with Gasteiger partial charge in [-0.2, -0.15) is 0 Å². The van der Waals surface area contributed by atoms with Crippen molar-refractivity contribution >= 4 is 27.3 Å². The normalized spacial score (nSPS) is 12.7. The van der Waals surface area contributed by atoms with Gasteiger partial charge >= 0.3 is 0 Å². The van der Waals surface area contributed by atoms with E-state index in [4.69, 9.17) is 0 Å². The van der Waals surface area contributed by atoms with Crippen molar-refractivity contribution in [3.8, 4) is 0 Å². The van der Waals surface area contributed by atoms with Gasteiger partial charge in [0.15, 0.2) is 0 Å². The van der Waals surface area contributed by atoms with E-state index in [0.717, 1.165) is 14.9 Å². The molecule has 1 nitrogen and oxygen atoms in total. The SMILES string of the molecule is Cc1ccc(C(O)c2ccccc2Br)s1. The van der Waals surface area contributed by atoms with E-state index in [-0.39, 0.29) is 0 Å². The number of thiophene rings is 1. The van der Waals surface area contributed by atoms with Crippen molar-refractivity contribution in [3.63, 3.8) is 0 Å². The van der Waals surface area contributed by atoms with E-state index in [0.29, 0.717) is 0 Å². The number of hydrogen-bond donors (Lipinski definition) is 1. The van der Waals surface area contributed by atoms with Crippen LogP contribution in [0.5, 0.6) is 0 Å². The molecule has 0 fully saturated rings. The summed E-state index contributed by atoms with van der Waals surface area (Å²) in [6, 6.07) is 11.8. The third-order valence-corrected chi connectivity index (χ3v) is 4.01. The van der Waals surface area contributed by atoms with Crippen LogP contribution in [-0.4, -0.2) is 5.11 Å². The van der Waals surface area contributed by atoms with Crippen molar-refractivity contribution in [2.24, 2.45) is 0 Å². The van der Waals surface area contributed by atoms with Gasteiger partial charge in [-0.25, -0.2) is 0 Å². The number of hydrogen-bond acceptors (Lipinski definition) is 2. The number of rotatable bonds is 2. The summed E-state index contributed by atoms with van der Waals surface area (Å²) in [5.74, 6) is 0. The summed E-state index contributed by atoms with van der Waals surface area (Å²) in [4.78, 5) is 2.20. The lowest BCUT2D eigenvalue weighted by Gasteiger charge is -2.10. The summed E-state index contributed by atoms with van der Waals surface area (Å²) in [5.41, 5.74) is 0.916. The van der Waals surface area contributed by atoms with Crippen molar-refractivity contribution in [2.75, 3.05) is 0 Å². The number of aliphatic hydroxyl groups excluding tert-OH is 1. The Morgan fingerprint density at radius 1 is 1.20 bits per heavy atom. The van der Waals surface area contributed by atoms with Gasteiger partial charge < -0.3 is 5.11 Å². The zero-order valence-corrected chi connectivity index (χ0v) is 10.7. The summed E-state index contributed by atoms with van der Waals surface area (Å²) in [7, 11) is 0. The zero-order chi connectivity index (χ0) is 10.8. The van der Waals surface area contributed by atoms with Crippen molar-refractivity contribution in [1.82, 2.24) is 0 Å². The summed E-state index contributed by atoms with van der Waals surface area (Å²) >= 11 is 5.07. The monoisotopic (exact) mass is 282 g/mol. The van der Waals surface area contributed by atoms with Gasteiger partial charge in [-0.3, -0.25) is 0 Å². The highest BCUT2D eigenvalue weighted by molar-refractivity contribution is 9.10. The summed E-state index contributed by atoms with van der Waals surface area (Å²) in [6.07, 6.45) is -0.528. The largest absolute Gasteiger partial charge is 0.383 e. The molecule has 78 valence electrons. The van der Waals surface area contributed by atoms with E-state index in [9.17, 15) is 5.11 Å². The predicted octanol–water partition coefficient (Wildman–Crippen LogP) is 3.90. The third kappa shape index (κ3) is 2.30. The lowest BCUT2D eigenvalue weighted by molar-refractivity contribution is 0.223. The first-order valence-corrected chi connectivity index (χ1v) is 6.28.